The fraction of sp³-hybridized carbons (Fsp3) is 0.281. The van der Waals surface area contributed by atoms with Gasteiger partial charge in [-0.1, -0.05) is 18.5 Å². The van der Waals surface area contributed by atoms with Crippen molar-refractivity contribution in [1.29, 1.82) is 0 Å². The molecule has 0 bridgehead atoms. The number of thiazole rings is 1. The van der Waals surface area contributed by atoms with Crippen LogP contribution in [-0.2, 0) is 22.4 Å². The van der Waals surface area contributed by atoms with Crippen molar-refractivity contribution in [3.63, 3.8) is 0 Å². The number of hydrogen-bond acceptors (Lipinski definition) is 11. The molecule has 2 aromatic carbocycles. The van der Waals surface area contributed by atoms with E-state index in [1.54, 1.807) is 42.8 Å². The Balaban J connectivity index is 1.39. The molecule has 1 aliphatic heterocycles. The first-order valence-corrected chi connectivity index (χ1v) is 15.4. The molecular formula is C32H28ClN3O9S. The molecule has 2 atom stereocenters. The number of halogens is 1. The van der Waals surface area contributed by atoms with E-state index in [0.29, 0.717) is 22.2 Å². The molecule has 0 saturated heterocycles. The molecule has 1 spiro atoms. The monoisotopic (exact) mass is 665 g/mol. The van der Waals surface area contributed by atoms with Gasteiger partial charge in [-0.25, -0.2) is 4.98 Å². The molecule has 1 aliphatic carbocycles. The summed E-state index contributed by atoms with van der Waals surface area (Å²) in [6, 6.07) is 8.37. The second-order valence-electron chi connectivity index (χ2n) is 10.7. The van der Waals surface area contributed by atoms with Crippen LogP contribution in [0.4, 0.5) is 5.13 Å². The molecule has 2 unspecified atom stereocenters. The van der Waals surface area contributed by atoms with E-state index in [1.807, 2.05) is 0 Å². The molecule has 14 heteroatoms. The van der Waals surface area contributed by atoms with Crippen LogP contribution in [0.25, 0.3) is 11.3 Å². The molecule has 46 heavy (non-hydrogen) atoms. The fourth-order valence-electron chi connectivity index (χ4n) is 5.83. The molecule has 2 aliphatic rings. The van der Waals surface area contributed by atoms with Crippen molar-refractivity contribution in [3.05, 3.63) is 69.4 Å². The number of aromatic nitrogens is 1. The molecule has 238 valence electrons. The van der Waals surface area contributed by atoms with Gasteiger partial charge in [0.05, 0.1) is 39.9 Å². The van der Waals surface area contributed by atoms with Crippen molar-refractivity contribution in [2.45, 2.75) is 25.4 Å². The zero-order valence-electron chi connectivity index (χ0n) is 25.1. The number of rotatable bonds is 9. The van der Waals surface area contributed by atoms with Crippen molar-refractivity contribution in [2.24, 2.45) is 5.92 Å². The van der Waals surface area contributed by atoms with Gasteiger partial charge in [0.1, 0.15) is 39.4 Å². The first kappa shape index (κ1) is 31.1. The van der Waals surface area contributed by atoms with Crippen molar-refractivity contribution in [3.8, 4) is 34.3 Å². The largest absolute Gasteiger partial charge is 0.497 e. The van der Waals surface area contributed by atoms with Crippen LogP contribution < -0.4 is 29.6 Å². The van der Waals surface area contributed by atoms with Crippen LogP contribution in [0.2, 0.25) is 5.02 Å². The van der Waals surface area contributed by atoms with Gasteiger partial charge in [0.25, 0.3) is 0 Å². The number of amides is 2. The van der Waals surface area contributed by atoms with Crippen molar-refractivity contribution in [2.75, 3.05) is 33.2 Å². The van der Waals surface area contributed by atoms with E-state index in [-0.39, 0.29) is 64.1 Å². The zero-order valence-corrected chi connectivity index (χ0v) is 26.7. The number of fused-ring (bicyclic) bond motifs is 2. The van der Waals surface area contributed by atoms with Crippen LogP contribution in [0.5, 0.6) is 23.0 Å². The Hall–Kier alpha value is -4.88. The molecule has 3 heterocycles. The van der Waals surface area contributed by atoms with E-state index in [2.05, 4.69) is 15.6 Å². The third-order valence-electron chi connectivity index (χ3n) is 8.06. The van der Waals surface area contributed by atoms with Gasteiger partial charge in [0.2, 0.25) is 29.0 Å². The zero-order chi connectivity index (χ0) is 32.7. The Labute approximate surface area is 271 Å². The van der Waals surface area contributed by atoms with E-state index in [4.69, 9.17) is 35.0 Å². The van der Waals surface area contributed by atoms with Gasteiger partial charge in [-0.2, -0.15) is 0 Å². The number of carbonyl (C=O) groups is 4. The molecule has 6 rings (SSSR count). The molecular weight excluding hydrogens is 638 g/mol. The molecule has 12 nitrogen and oxygen atoms in total. The maximum Gasteiger partial charge on any atom is 0.245 e. The van der Waals surface area contributed by atoms with Gasteiger partial charge < -0.3 is 34.0 Å². The van der Waals surface area contributed by atoms with E-state index < -0.39 is 34.9 Å². The van der Waals surface area contributed by atoms with E-state index in [0.717, 1.165) is 0 Å². The summed E-state index contributed by atoms with van der Waals surface area (Å²) < 4.78 is 28.7. The van der Waals surface area contributed by atoms with Gasteiger partial charge in [-0.05, 0) is 24.3 Å². The third-order valence-corrected chi connectivity index (χ3v) is 9.11. The van der Waals surface area contributed by atoms with Crippen molar-refractivity contribution in [1.82, 2.24) is 10.3 Å². The molecule has 0 saturated carbocycles. The summed E-state index contributed by atoms with van der Waals surface area (Å²) in [7, 11) is 4.33. The number of nitrogens with zero attached hydrogens (tertiary/aromatic N) is 1. The lowest BCUT2D eigenvalue weighted by Crippen LogP contribution is -2.56. The number of methoxy groups -OCH3 is 3. The van der Waals surface area contributed by atoms with Crippen LogP contribution >= 0.6 is 22.9 Å². The summed E-state index contributed by atoms with van der Waals surface area (Å²) in [5, 5.41) is 7.31. The summed E-state index contributed by atoms with van der Waals surface area (Å²) in [5.74, 6) is -1.49. The maximum absolute atomic E-state index is 14.6. The number of furan rings is 1. The Morgan fingerprint density at radius 2 is 1.76 bits per heavy atom. The molecule has 2 amide bonds. The molecule has 4 aromatic rings. The van der Waals surface area contributed by atoms with Crippen LogP contribution in [0.1, 0.15) is 39.0 Å². The number of nitrogens with one attached hydrogen (secondary N) is 2. The number of carbonyl (C=O) groups excluding carboxylic acids is 4. The SMILES string of the molecule is COc1ccc(-c2oc3c(c2CC(=O)NCC(=O)Nc2nccs2)C(=O)C2(Oc4c(Cl)c(OC)cc(OC)c4C2=O)C(C)C3)cc1. The second kappa shape index (κ2) is 12.1. The minimum Gasteiger partial charge on any atom is -0.497 e. The molecule has 2 aromatic heterocycles. The topological polar surface area (TPSA) is 155 Å². The predicted octanol–water partition coefficient (Wildman–Crippen LogP) is 4.77. The average molecular weight is 666 g/mol. The molecule has 0 radical (unpaired) electrons. The van der Waals surface area contributed by atoms with Gasteiger partial charge in [0.15, 0.2) is 10.9 Å². The summed E-state index contributed by atoms with van der Waals surface area (Å²) in [6.45, 7) is 1.38. The van der Waals surface area contributed by atoms with Crippen LogP contribution in [0.15, 0.2) is 46.3 Å². The van der Waals surface area contributed by atoms with Gasteiger partial charge in [-0.15, -0.1) is 11.3 Å². The fourth-order valence-corrected chi connectivity index (χ4v) is 6.64. The Morgan fingerprint density at radius 1 is 1.04 bits per heavy atom. The number of ether oxygens (including phenoxy) is 4. The highest BCUT2D eigenvalue weighted by atomic mass is 35.5. The number of benzene rings is 2. The lowest BCUT2D eigenvalue weighted by atomic mass is 9.70. The standard InChI is InChI=1S/C32H28ClN3O9S/c1-15-11-20-24(29(39)32(15)30(40)25-19(42-3)13-21(43-4)26(33)28(25)45-32)18(27(44-20)16-5-7-17(41-2)8-6-16)12-22(37)35-14-23(38)36-31-34-9-10-46-31/h5-10,13,15H,11-12,14H2,1-4H3,(H,35,37)(H,34,36,38). The Morgan fingerprint density at radius 3 is 2.41 bits per heavy atom. The summed E-state index contributed by atoms with van der Waals surface area (Å²) in [6.07, 6.45) is 1.35. The first-order chi connectivity index (χ1) is 22.1. The van der Waals surface area contributed by atoms with Crippen molar-refractivity contribution < 1.29 is 42.5 Å². The minimum atomic E-state index is -2.00. The van der Waals surface area contributed by atoms with Crippen LogP contribution in [0, 0.1) is 5.92 Å². The lowest BCUT2D eigenvalue weighted by Gasteiger charge is -2.35. The van der Waals surface area contributed by atoms with Gasteiger partial charge in [0, 0.05) is 41.1 Å². The lowest BCUT2D eigenvalue weighted by molar-refractivity contribution is -0.123. The molecule has 2 N–H and O–H groups in total. The third kappa shape index (κ3) is 5.05. The summed E-state index contributed by atoms with van der Waals surface area (Å²) in [5.41, 5.74) is -1.09. The molecule has 0 fully saturated rings. The quantitative estimate of drug-likeness (QED) is 0.239. The summed E-state index contributed by atoms with van der Waals surface area (Å²) in [4.78, 5) is 58.6. The van der Waals surface area contributed by atoms with Crippen LogP contribution in [-0.4, -0.2) is 61.8 Å². The van der Waals surface area contributed by atoms with Crippen LogP contribution in [0.3, 0.4) is 0 Å². The van der Waals surface area contributed by atoms with E-state index in [1.165, 1.54) is 38.7 Å². The highest BCUT2D eigenvalue weighted by Gasteiger charge is 2.63. The predicted molar refractivity (Wildman–Crippen MR) is 168 cm³/mol. The smallest absolute Gasteiger partial charge is 0.245 e. The maximum atomic E-state index is 14.6. The number of hydrogen-bond donors (Lipinski definition) is 2. The summed E-state index contributed by atoms with van der Waals surface area (Å²) >= 11 is 7.81. The highest BCUT2D eigenvalue weighted by molar-refractivity contribution is 7.13. The number of Topliss-reactive ketones (excluding diaryl/α,β-unsaturated/α-hetero) is 2. The highest BCUT2D eigenvalue weighted by Crippen LogP contribution is 2.54. The second-order valence-corrected chi connectivity index (χ2v) is 11.9. The van der Waals surface area contributed by atoms with Gasteiger partial charge >= 0.3 is 0 Å². The minimum absolute atomic E-state index is 0.0177. The average Bonchev–Trinajstić information content (AvgIpc) is 3.77. The Bertz CT molecular complexity index is 1870. The number of anilines is 1. The van der Waals surface area contributed by atoms with E-state index >= 15 is 0 Å². The van der Waals surface area contributed by atoms with Crippen molar-refractivity contribution >= 4 is 51.5 Å². The normalized spacial score (nSPS) is 18.1. The van der Waals surface area contributed by atoms with Gasteiger partial charge in [-0.3, -0.25) is 19.2 Å². The number of ketones is 2. The first-order valence-electron chi connectivity index (χ1n) is 14.1. The Kier molecular flexibility index (Phi) is 8.21. The van der Waals surface area contributed by atoms with E-state index in [9.17, 15) is 19.2 Å².